The molecule has 7 heteroatoms. The van der Waals surface area contributed by atoms with E-state index in [-0.39, 0.29) is 5.56 Å². The maximum atomic E-state index is 13.1. The number of rotatable bonds is 5. The summed E-state index contributed by atoms with van der Waals surface area (Å²) >= 11 is 0. The summed E-state index contributed by atoms with van der Waals surface area (Å²) in [5.41, 5.74) is -0.130. The van der Waals surface area contributed by atoms with Gasteiger partial charge in [0, 0.05) is 18.2 Å². The molecule has 0 bridgehead atoms. The predicted molar refractivity (Wildman–Crippen MR) is 110 cm³/mol. The molecule has 0 saturated carbocycles. The van der Waals surface area contributed by atoms with Crippen molar-refractivity contribution in [3.8, 4) is 22.4 Å². The number of hydrogen-bond acceptors (Lipinski definition) is 4. The van der Waals surface area contributed by atoms with Crippen LogP contribution in [-0.2, 0) is 11.8 Å². The molecule has 1 amide bonds. The van der Waals surface area contributed by atoms with Gasteiger partial charge in [0.1, 0.15) is 11.1 Å². The van der Waals surface area contributed by atoms with Crippen molar-refractivity contribution in [3.05, 3.63) is 76.6 Å². The molecular formula is C22H21N3O4. The normalized spacial score (nSPS) is 11.1. The minimum atomic E-state index is -1.55. The van der Waals surface area contributed by atoms with Crippen molar-refractivity contribution in [2.24, 2.45) is 7.05 Å². The van der Waals surface area contributed by atoms with Gasteiger partial charge in [0.25, 0.3) is 11.5 Å². The van der Waals surface area contributed by atoms with Gasteiger partial charge in [-0.2, -0.15) is 5.10 Å². The van der Waals surface area contributed by atoms with Gasteiger partial charge >= 0.3 is 5.97 Å². The third kappa shape index (κ3) is 3.94. The van der Waals surface area contributed by atoms with E-state index >= 15 is 0 Å². The highest BCUT2D eigenvalue weighted by Gasteiger charge is 2.32. The lowest BCUT2D eigenvalue weighted by Gasteiger charge is -2.22. The average Bonchev–Trinajstić information content (AvgIpc) is 2.70. The number of carboxylic acid groups (broad SMARTS) is 1. The number of nitrogens with one attached hydrogen (secondary N) is 1. The van der Waals surface area contributed by atoms with Crippen molar-refractivity contribution < 1.29 is 14.7 Å². The SMILES string of the molecule is Cn1nc(-c2ccccc2)c(-c2ccccc2)c(C(=O)NC(C)(C)C(=O)O)c1=O. The van der Waals surface area contributed by atoms with E-state index in [1.807, 2.05) is 36.4 Å². The molecule has 2 N–H and O–H groups in total. The van der Waals surface area contributed by atoms with Crippen LogP contribution >= 0.6 is 0 Å². The Hall–Kier alpha value is -3.74. The third-order valence-corrected chi connectivity index (χ3v) is 4.54. The first-order valence-corrected chi connectivity index (χ1v) is 9.00. The highest BCUT2D eigenvalue weighted by molar-refractivity contribution is 6.05. The third-order valence-electron chi connectivity index (χ3n) is 4.54. The van der Waals surface area contributed by atoms with Crippen molar-refractivity contribution in [3.63, 3.8) is 0 Å². The molecule has 0 aliphatic carbocycles. The summed E-state index contributed by atoms with van der Waals surface area (Å²) in [5.74, 6) is -1.97. The van der Waals surface area contributed by atoms with E-state index in [4.69, 9.17) is 0 Å². The second kappa shape index (κ2) is 7.71. The van der Waals surface area contributed by atoms with Crippen LogP contribution in [0.3, 0.4) is 0 Å². The summed E-state index contributed by atoms with van der Waals surface area (Å²) in [6.07, 6.45) is 0. The second-order valence-corrected chi connectivity index (χ2v) is 7.14. The van der Waals surface area contributed by atoms with Crippen molar-refractivity contribution in [2.75, 3.05) is 0 Å². The van der Waals surface area contributed by atoms with Crippen LogP contribution in [0.4, 0.5) is 0 Å². The molecule has 148 valence electrons. The Morgan fingerprint density at radius 2 is 1.48 bits per heavy atom. The zero-order chi connectivity index (χ0) is 21.2. The van der Waals surface area contributed by atoms with Crippen molar-refractivity contribution in [2.45, 2.75) is 19.4 Å². The fourth-order valence-electron chi connectivity index (χ4n) is 2.93. The molecule has 29 heavy (non-hydrogen) atoms. The number of amides is 1. The highest BCUT2D eigenvalue weighted by atomic mass is 16.4. The van der Waals surface area contributed by atoms with E-state index in [9.17, 15) is 19.5 Å². The van der Waals surface area contributed by atoms with Crippen LogP contribution in [0.2, 0.25) is 0 Å². The maximum absolute atomic E-state index is 13.1. The zero-order valence-corrected chi connectivity index (χ0v) is 16.3. The lowest BCUT2D eigenvalue weighted by molar-refractivity contribution is -0.143. The summed E-state index contributed by atoms with van der Waals surface area (Å²) in [4.78, 5) is 37.5. The highest BCUT2D eigenvalue weighted by Crippen LogP contribution is 2.32. The second-order valence-electron chi connectivity index (χ2n) is 7.14. The van der Waals surface area contributed by atoms with Gasteiger partial charge in [0.05, 0.1) is 5.69 Å². The van der Waals surface area contributed by atoms with Crippen LogP contribution in [-0.4, -0.2) is 32.3 Å². The number of aliphatic carboxylic acids is 1. The Morgan fingerprint density at radius 1 is 0.966 bits per heavy atom. The Labute approximate surface area is 167 Å². The minimum absolute atomic E-state index is 0.151. The van der Waals surface area contributed by atoms with Gasteiger partial charge in [-0.05, 0) is 19.4 Å². The maximum Gasteiger partial charge on any atom is 0.328 e. The number of hydrogen-bond donors (Lipinski definition) is 2. The Bertz CT molecular complexity index is 1120. The van der Waals surface area contributed by atoms with Gasteiger partial charge in [-0.1, -0.05) is 60.7 Å². The van der Waals surface area contributed by atoms with Crippen molar-refractivity contribution >= 4 is 11.9 Å². The van der Waals surface area contributed by atoms with E-state index in [2.05, 4.69) is 10.4 Å². The fraction of sp³-hybridized carbons (Fsp3) is 0.182. The van der Waals surface area contributed by atoms with Gasteiger partial charge in [-0.15, -0.1) is 0 Å². The standard InChI is InChI=1S/C22H21N3O4/c1-22(2,21(28)29)23-19(26)17-16(14-10-6-4-7-11-14)18(24-25(3)20(17)27)15-12-8-5-9-13-15/h4-13H,1-3H3,(H,23,26)(H,28,29). The molecule has 0 saturated heterocycles. The molecule has 0 spiro atoms. The summed E-state index contributed by atoms with van der Waals surface area (Å²) in [5, 5.41) is 16.2. The molecule has 0 fully saturated rings. The van der Waals surface area contributed by atoms with E-state index in [0.29, 0.717) is 16.8 Å². The molecule has 1 aromatic heterocycles. The molecular weight excluding hydrogens is 370 g/mol. The van der Waals surface area contributed by atoms with Crippen LogP contribution in [0, 0.1) is 0 Å². The van der Waals surface area contributed by atoms with Crippen LogP contribution in [0.1, 0.15) is 24.2 Å². The van der Waals surface area contributed by atoms with Crippen LogP contribution in [0.15, 0.2) is 65.5 Å². The topological polar surface area (TPSA) is 101 Å². The lowest BCUT2D eigenvalue weighted by Crippen LogP contribution is -2.51. The van der Waals surface area contributed by atoms with E-state index < -0.39 is 23.0 Å². The number of nitrogens with zero attached hydrogens (tertiary/aromatic N) is 2. The zero-order valence-electron chi connectivity index (χ0n) is 16.3. The Kier molecular flexibility index (Phi) is 5.32. The van der Waals surface area contributed by atoms with Crippen LogP contribution in [0.25, 0.3) is 22.4 Å². The lowest BCUT2D eigenvalue weighted by atomic mass is 9.94. The number of carbonyl (C=O) groups excluding carboxylic acids is 1. The van der Waals surface area contributed by atoms with Crippen molar-refractivity contribution in [1.82, 2.24) is 15.1 Å². The molecule has 2 aromatic carbocycles. The largest absolute Gasteiger partial charge is 0.480 e. The van der Waals surface area contributed by atoms with Crippen molar-refractivity contribution in [1.29, 1.82) is 0 Å². The summed E-state index contributed by atoms with van der Waals surface area (Å²) < 4.78 is 1.09. The van der Waals surface area contributed by atoms with Gasteiger partial charge in [0.2, 0.25) is 0 Å². The van der Waals surface area contributed by atoms with E-state index in [0.717, 1.165) is 10.2 Å². The number of carbonyl (C=O) groups is 2. The monoisotopic (exact) mass is 391 g/mol. The van der Waals surface area contributed by atoms with Gasteiger partial charge < -0.3 is 10.4 Å². The quantitative estimate of drug-likeness (QED) is 0.696. The smallest absolute Gasteiger partial charge is 0.328 e. The summed E-state index contributed by atoms with van der Waals surface area (Å²) in [6, 6.07) is 18.2. The van der Waals surface area contributed by atoms with E-state index in [1.165, 1.54) is 20.9 Å². The molecule has 0 atom stereocenters. The Balaban J connectivity index is 2.33. The molecule has 3 aromatic rings. The molecule has 0 aliphatic rings. The molecule has 0 unspecified atom stereocenters. The summed E-state index contributed by atoms with van der Waals surface area (Å²) in [7, 11) is 1.46. The number of aromatic nitrogens is 2. The van der Waals surface area contributed by atoms with Crippen LogP contribution in [0.5, 0.6) is 0 Å². The molecule has 0 radical (unpaired) electrons. The summed E-state index contributed by atoms with van der Waals surface area (Å²) in [6.45, 7) is 2.72. The predicted octanol–water partition coefficient (Wildman–Crippen LogP) is 2.71. The van der Waals surface area contributed by atoms with Gasteiger partial charge in [-0.3, -0.25) is 9.59 Å². The van der Waals surface area contributed by atoms with E-state index in [1.54, 1.807) is 24.3 Å². The first kappa shape index (κ1) is 20.0. The average molecular weight is 391 g/mol. The number of aryl methyl sites for hydroxylation is 1. The Morgan fingerprint density at radius 3 is 2.00 bits per heavy atom. The first-order chi connectivity index (χ1) is 13.7. The fourth-order valence-corrected chi connectivity index (χ4v) is 2.93. The molecule has 1 heterocycles. The van der Waals surface area contributed by atoms with Crippen LogP contribution < -0.4 is 10.9 Å². The minimum Gasteiger partial charge on any atom is -0.480 e. The van der Waals surface area contributed by atoms with Gasteiger partial charge in [0.15, 0.2) is 0 Å². The van der Waals surface area contributed by atoms with Gasteiger partial charge in [-0.25, -0.2) is 9.48 Å². The number of benzene rings is 2. The molecule has 0 aliphatic heterocycles. The molecule has 3 rings (SSSR count). The first-order valence-electron chi connectivity index (χ1n) is 9.00. The molecule has 7 nitrogen and oxygen atoms in total. The number of carboxylic acids is 1.